The van der Waals surface area contributed by atoms with Crippen LogP contribution in [-0.4, -0.2) is 0 Å². The maximum Gasteiger partial charge on any atom is -0.0175 e. The highest BCUT2D eigenvalue weighted by Crippen LogP contribution is 2.26. The maximum atomic E-state index is 2.31. The molecule has 0 heteroatoms. The first-order valence-electron chi connectivity index (χ1n) is 8.80. The number of rotatable bonds is 3. The normalized spacial score (nSPS) is 10.5. The molecule has 0 unspecified atom stereocenters. The Kier molecular flexibility index (Phi) is 5.98. The molecular formula is C23H28. The molecule has 0 saturated carbocycles. The molecule has 0 amide bonds. The summed E-state index contributed by atoms with van der Waals surface area (Å²) in [6.07, 6.45) is 1.09. The number of aryl methyl sites for hydroxylation is 1. The van der Waals surface area contributed by atoms with Crippen LogP contribution in [0.25, 0.3) is 21.9 Å². The third-order valence-corrected chi connectivity index (χ3v) is 4.22. The summed E-state index contributed by atoms with van der Waals surface area (Å²) >= 11 is 0. The SMILES string of the molecule is CC.CCc1ccc2ccc(-c3ccc(C(C)C)cc3)cc2c1. The molecule has 23 heavy (non-hydrogen) atoms. The Morgan fingerprint density at radius 1 is 0.696 bits per heavy atom. The summed E-state index contributed by atoms with van der Waals surface area (Å²) in [5, 5.41) is 2.65. The zero-order valence-corrected chi connectivity index (χ0v) is 15.1. The van der Waals surface area contributed by atoms with Crippen LogP contribution in [0.3, 0.4) is 0 Å². The van der Waals surface area contributed by atoms with Gasteiger partial charge in [-0.1, -0.05) is 89.2 Å². The van der Waals surface area contributed by atoms with Crippen LogP contribution in [0.5, 0.6) is 0 Å². The molecule has 0 spiro atoms. The van der Waals surface area contributed by atoms with Crippen LogP contribution in [-0.2, 0) is 6.42 Å². The van der Waals surface area contributed by atoms with E-state index in [0.717, 1.165) is 6.42 Å². The molecule has 0 saturated heterocycles. The van der Waals surface area contributed by atoms with Crippen LogP contribution in [0.15, 0.2) is 60.7 Å². The first kappa shape index (κ1) is 17.3. The Morgan fingerprint density at radius 3 is 1.91 bits per heavy atom. The molecule has 0 atom stereocenters. The van der Waals surface area contributed by atoms with Crippen LogP contribution in [0.1, 0.15) is 51.7 Å². The van der Waals surface area contributed by atoms with Crippen molar-refractivity contribution in [1.29, 1.82) is 0 Å². The third kappa shape index (κ3) is 4.01. The molecule has 0 bridgehead atoms. The van der Waals surface area contributed by atoms with Crippen molar-refractivity contribution in [3.05, 3.63) is 71.8 Å². The molecule has 3 aromatic carbocycles. The summed E-state index contributed by atoms with van der Waals surface area (Å²) < 4.78 is 0. The standard InChI is InChI=1S/C21H22.C2H6/c1-4-16-5-6-19-11-12-20(14-21(19)13-16)18-9-7-17(8-10-18)15(2)3;1-2/h5-15H,4H2,1-3H3;1-2H3. The van der Waals surface area contributed by atoms with Crippen LogP contribution in [0.2, 0.25) is 0 Å². The monoisotopic (exact) mass is 304 g/mol. The average molecular weight is 304 g/mol. The smallest absolute Gasteiger partial charge is 0.0175 e. The summed E-state index contributed by atoms with van der Waals surface area (Å²) in [6.45, 7) is 10.7. The van der Waals surface area contributed by atoms with Crippen LogP contribution >= 0.6 is 0 Å². The highest BCUT2D eigenvalue weighted by Gasteiger charge is 2.03. The van der Waals surface area contributed by atoms with Crippen molar-refractivity contribution >= 4 is 10.8 Å². The quantitative estimate of drug-likeness (QED) is 0.479. The van der Waals surface area contributed by atoms with Crippen molar-refractivity contribution in [2.75, 3.05) is 0 Å². The molecule has 0 aromatic heterocycles. The Bertz CT molecular complexity index is 749. The minimum atomic E-state index is 0.586. The van der Waals surface area contributed by atoms with E-state index in [1.807, 2.05) is 13.8 Å². The second-order valence-corrected chi connectivity index (χ2v) is 6.03. The largest absolute Gasteiger partial charge is 0.0683 e. The molecule has 0 radical (unpaired) electrons. The van der Waals surface area contributed by atoms with Gasteiger partial charge in [-0.05, 0) is 51.4 Å². The summed E-state index contributed by atoms with van der Waals surface area (Å²) in [4.78, 5) is 0. The highest BCUT2D eigenvalue weighted by atomic mass is 14.1. The average Bonchev–Trinajstić information content (AvgIpc) is 2.62. The van der Waals surface area contributed by atoms with Gasteiger partial charge in [-0.2, -0.15) is 0 Å². The fourth-order valence-corrected chi connectivity index (χ4v) is 2.76. The fraction of sp³-hybridized carbons (Fsp3) is 0.304. The van der Waals surface area contributed by atoms with Crippen LogP contribution in [0, 0.1) is 0 Å². The minimum Gasteiger partial charge on any atom is -0.0683 e. The van der Waals surface area contributed by atoms with E-state index >= 15 is 0 Å². The van der Waals surface area contributed by atoms with E-state index in [4.69, 9.17) is 0 Å². The Labute approximate surface area is 141 Å². The Morgan fingerprint density at radius 2 is 1.30 bits per heavy atom. The first-order chi connectivity index (χ1) is 11.2. The molecule has 0 heterocycles. The number of hydrogen-bond donors (Lipinski definition) is 0. The number of benzene rings is 3. The van der Waals surface area contributed by atoms with Crippen molar-refractivity contribution in [1.82, 2.24) is 0 Å². The lowest BCUT2D eigenvalue weighted by molar-refractivity contribution is 0.867. The summed E-state index contributed by atoms with van der Waals surface area (Å²) in [6, 6.07) is 22.5. The van der Waals surface area contributed by atoms with Gasteiger partial charge in [-0.15, -0.1) is 0 Å². The van der Waals surface area contributed by atoms with Crippen molar-refractivity contribution in [2.24, 2.45) is 0 Å². The summed E-state index contributed by atoms with van der Waals surface area (Å²) in [5.74, 6) is 0.586. The zero-order valence-electron chi connectivity index (χ0n) is 15.1. The van der Waals surface area contributed by atoms with Gasteiger partial charge in [-0.25, -0.2) is 0 Å². The molecule has 0 N–H and O–H groups in total. The molecule has 120 valence electrons. The molecule has 0 fully saturated rings. The van der Waals surface area contributed by atoms with Gasteiger partial charge in [0.25, 0.3) is 0 Å². The number of hydrogen-bond acceptors (Lipinski definition) is 0. The predicted octanol–water partition coefficient (Wildman–Crippen LogP) is 7.22. The Balaban J connectivity index is 0.000000924. The van der Waals surface area contributed by atoms with Gasteiger partial charge in [0.2, 0.25) is 0 Å². The lowest BCUT2D eigenvalue weighted by Crippen LogP contribution is -1.87. The topological polar surface area (TPSA) is 0 Å². The van der Waals surface area contributed by atoms with E-state index in [0.29, 0.717) is 5.92 Å². The van der Waals surface area contributed by atoms with Crippen LogP contribution < -0.4 is 0 Å². The first-order valence-corrected chi connectivity index (χ1v) is 8.80. The van der Waals surface area contributed by atoms with Gasteiger partial charge < -0.3 is 0 Å². The molecule has 0 aliphatic carbocycles. The van der Waals surface area contributed by atoms with Gasteiger partial charge in [-0.3, -0.25) is 0 Å². The second-order valence-electron chi connectivity index (χ2n) is 6.03. The second kappa shape index (κ2) is 7.97. The van der Waals surface area contributed by atoms with Gasteiger partial charge in [0, 0.05) is 0 Å². The van der Waals surface area contributed by atoms with E-state index in [1.54, 1.807) is 0 Å². The minimum absolute atomic E-state index is 0.586. The number of fused-ring (bicyclic) bond motifs is 1. The Hall–Kier alpha value is -2.08. The van der Waals surface area contributed by atoms with Gasteiger partial charge >= 0.3 is 0 Å². The van der Waals surface area contributed by atoms with Gasteiger partial charge in [0.05, 0.1) is 0 Å². The van der Waals surface area contributed by atoms with E-state index in [1.165, 1.54) is 33.0 Å². The van der Waals surface area contributed by atoms with E-state index in [9.17, 15) is 0 Å². The van der Waals surface area contributed by atoms with Crippen molar-refractivity contribution < 1.29 is 0 Å². The molecule has 0 aliphatic rings. The maximum absolute atomic E-state index is 2.31. The highest BCUT2D eigenvalue weighted by molar-refractivity contribution is 5.87. The van der Waals surface area contributed by atoms with Gasteiger partial charge in [0.15, 0.2) is 0 Å². The molecular weight excluding hydrogens is 276 g/mol. The van der Waals surface area contributed by atoms with Crippen LogP contribution in [0.4, 0.5) is 0 Å². The summed E-state index contributed by atoms with van der Waals surface area (Å²) in [5.41, 5.74) is 5.39. The molecule has 0 nitrogen and oxygen atoms in total. The zero-order chi connectivity index (χ0) is 16.8. The lowest BCUT2D eigenvalue weighted by Gasteiger charge is -2.08. The summed E-state index contributed by atoms with van der Waals surface area (Å²) in [7, 11) is 0. The van der Waals surface area contributed by atoms with E-state index < -0.39 is 0 Å². The molecule has 3 rings (SSSR count). The van der Waals surface area contributed by atoms with E-state index in [-0.39, 0.29) is 0 Å². The van der Waals surface area contributed by atoms with E-state index in [2.05, 4.69) is 81.4 Å². The molecule has 3 aromatic rings. The fourth-order valence-electron chi connectivity index (χ4n) is 2.76. The molecule has 0 aliphatic heterocycles. The van der Waals surface area contributed by atoms with Crippen molar-refractivity contribution in [3.63, 3.8) is 0 Å². The third-order valence-electron chi connectivity index (χ3n) is 4.22. The lowest BCUT2D eigenvalue weighted by atomic mass is 9.96. The van der Waals surface area contributed by atoms with Gasteiger partial charge in [0.1, 0.15) is 0 Å². The van der Waals surface area contributed by atoms with Crippen molar-refractivity contribution in [3.8, 4) is 11.1 Å². The predicted molar refractivity (Wildman–Crippen MR) is 104 cm³/mol. The van der Waals surface area contributed by atoms with Crippen molar-refractivity contribution in [2.45, 2.75) is 47.0 Å².